The number of rotatable bonds is 8. The lowest BCUT2D eigenvalue weighted by Crippen LogP contribution is -2.20. The minimum Gasteiger partial charge on any atom is -0.497 e. The Hall–Kier alpha value is -4.34. The summed E-state index contributed by atoms with van der Waals surface area (Å²) in [7, 11) is 1.47. The molecule has 0 bridgehead atoms. The van der Waals surface area contributed by atoms with Gasteiger partial charge in [0, 0.05) is 40.4 Å². The van der Waals surface area contributed by atoms with E-state index in [2.05, 4.69) is 4.74 Å². The molecule has 4 rings (SSSR count). The molecule has 0 aliphatic carbocycles. The van der Waals surface area contributed by atoms with E-state index in [1.165, 1.54) is 55.9 Å². The van der Waals surface area contributed by atoms with E-state index < -0.39 is 24.0 Å². The van der Waals surface area contributed by atoms with Gasteiger partial charge in [0.05, 0.1) is 18.3 Å². The van der Waals surface area contributed by atoms with Crippen LogP contribution in [-0.2, 0) is 4.79 Å². The smallest absolute Gasteiger partial charge is 0.497 e. The number of aldehydes is 1. The van der Waals surface area contributed by atoms with Crippen LogP contribution in [0.4, 0.5) is 17.6 Å². The van der Waals surface area contributed by atoms with Crippen molar-refractivity contribution in [1.82, 2.24) is 4.57 Å². The highest BCUT2D eigenvalue weighted by molar-refractivity contribution is 6.03. The van der Waals surface area contributed by atoms with Crippen LogP contribution in [0.2, 0.25) is 0 Å². The summed E-state index contributed by atoms with van der Waals surface area (Å²) in [5.41, 5.74) is 2.31. The summed E-state index contributed by atoms with van der Waals surface area (Å²) in [6.45, 7) is 4.55. The van der Waals surface area contributed by atoms with E-state index in [9.17, 15) is 27.2 Å². The van der Waals surface area contributed by atoms with Crippen LogP contribution in [-0.4, -0.2) is 36.2 Å². The van der Waals surface area contributed by atoms with Gasteiger partial charge in [-0.1, -0.05) is 0 Å². The first-order valence-corrected chi connectivity index (χ1v) is 11.4. The third kappa shape index (κ3) is 5.34. The average molecular weight is 529 g/mol. The van der Waals surface area contributed by atoms with Crippen molar-refractivity contribution in [3.63, 3.8) is 0 Å². The van der Waals surface area contributed by atoms with E-state index in [4.69, 9.17) is 9.47 Å². The monoisotopic (exact) mass is 529 g/mol. The van der Waals surface area contributed by atoms with Gasteiger partial charge in [0.2, 0.25) is 0 Å². The average Bonchev–Trinajstić information content (AvgIpc) is 3.12. The van der Waals surface area contributed by atoms with Crippen molar-refractivity contribution in [2.75, 3.05) is 7.11 Å². The van der Waals surface area contributed by atoms with Crippen molar-refractivity contribution in [1.29, 1.82) is 0 Å². The summed E-state index contributed by atoms with van der Waals surface area (Å²) >= 11 is 0. The molecule has 1 atom stereocenters. The van der Waals surface area contributed by atoms with Crippen LogP contribution in [0, 0.1) is 12.7 Å². The van der Waals surface area contributed by atoms with E-state index in [0.717, 1.165) is 6.07 Å². The molecule has 0 N–H and O–H groups in total. The van der Waals surface area contributed by atoms with Crippen LogP contribution in [0.1, 0.15) is 29.9 Å². The van der Waals surface area contributed by atoms with Crippen LogP contribution in [0.15, 0.2) is 54.6 Å². The van der Waals surface area contributed by atoms with Crippen molar-refractivity contribution in [2.24, 2.45) is 0 Å². The van der Waals surface area contributed by atoms with Crippen molar-refractivity contribution in [3.05, 3.63) is 71.7 Å². The lowest BCUT2D eigenvalue weighted by Gasteiger charge is -2.15. The van der Waals surface area contributed by atoms with Crippen molar-refractivity contribution in [3.8, 4) is 34.1 Å². The van der Waals surface area contributed by atoms with Crippen molar-refractivity contribution >= 4 is 23.0 Å². The first-order valence-electron chi connectivity index (χ1n) is 11.4. The lowest BCUT2D eigenvalue weighted by molar-refractivity contribution is -0.274. The molecule has 0 saturated carbocycles. The molecule has 0 saturated heterocycles. The van der Waals surface area contributed by atoms with Gasteiger partial charge in [0.15, 0.2) is 18.2 Å². The number of ether oxygens (including phenoxy) is 3. The Bertz CT molecular complexity index is 1540. The Kier molecular flexibility index (Phi) is 7.17. The third-order valence-electron chi connectivity index (χ3n) is 6.07. The molecule has 0 radical (unpaired) electrons. The van der Waals surface area contributed by atoms with Crippen LogP contribution >= 0.6 is 0 Å². The number of aromatic nitrogens is 1. The Morgan fingerprint density at radius 3 is 2.34 bits per heavy atom. The number of methoxy groups -OCH3 is 1. The predicted molar refractivity (Wildman–Crippen MR) is 133 cm³/mol. The lowest BCUT2D eigenvalue weighted by atomic mass is 9.97. The van der Waals surface area contributed by atoms with E-state index in [0.29, 0.717) is 39.8 Å². The summed E-state index contributed by atoms with van der Waals surface area (Å²) < 4.78 is 70.3. The van der Waals surface area contributed by atoms with Gasteiger partial charge < -0.3 is 18.8 Å². The zero-order valence-electron chi connectivity index (χ0n) is 20.9. The molecule has 1 heterocycles. The van der Waals surface area contributed by atoms with Crippen LogP contribution in [0.5, 0.6) is 17.2 Å². The molecule has 0 fully saturated rings. The molecule has 0 spiro atoms. The van der Waals surface area contributed by atoms with E-state index in [-0.39, 0.29) is 22.7 Å². The largest absolute Gasteiger partial charge is 0.573 e. The van der Waals surface area contributed by atoms with Gasteiger partial charge >= 0.3 is 6.36 Å². The molecular weight excluding hydrogens is 506 g/mol. The van der Waals surface area contributed by atoms with Gasteiger partial charge in [-0.3, -0.25) is 9.59 Å². The molecule has 4 aromatic rings. The number of alkyl halides is 3. The van der Waals surface area contributed by atoms with Gasteiger partial charge in [-0.25, -0.2) is 4.39 Å². The predicted octanol–water partition coefficient (Wildman–Crippen LogP) is 6.82. The Morgan fingerprint density at radius 1 is 1.00 bits per heavy atom. The fourth-order valence-electron chi connectivity index (χ4n) is 4.28. The molecule has 0 amide bonds. The van der Waals surface area contributed by atoms with Crippen molar-refractivity contribution < 1.29 is 41.4 Å². The van der Waals surface area contributed by atoms with Gasteiger partial charge in [-0.2, -0.15) is 0 Å². The Morgan fingerprint density at radius 2 is 1.71 bits per heavy atom. The van der Waals surface area contributed by atoms with Crippen LogP contribution < -0.4 is 14.2 Å². The fourth-order valence-corrected chi connectivity index (χ4v) is 4.28. The number of carbonyl (C=O) groups is 2. The number of fused-ring (bicyclic) bond motifs is 1. The normalized spacial score (nSPS) is 12.3. The summed E-state index contributed by atoms with van der Waals surface area (Å²) in [5, 5.41) is 0.484. The third-order valence-corrected chi connectivity index (χ3v) is 6.07. The maximum atomic E-state index is 14.7. The van der Waals surface area contributed by atoms with Crippen molar-refractivity contribution in [2.45, 2.75) is 33.2 Å². The first kappa shape index (κ1) is 26.7. The maximum absolute atomic E-state index is 14.7. The molecule has 1 aromatic heterocycles. The van der Waals surface area contributed by atoms with Crippen LogP contribution in [0.3, 0.4) is 0 Å². The molecule has 38 heavy (non-hydrogen) atoms. The summed E-state index contributed by atoms with van der Waals surface area (Å²) in [6, 6.07) is 12.4. The molecule has 6 nitrogen and oxygen atoms in total. The van der Waals surface area contributed by atoms with Gasteiger partial charge in [0.25, 0.3) is 0 Å². The fraction of sp³-hybridized carbons (Fsp3) is 0.214. The molecule has 0 unspecified atom stereocenters. The number of nitrogens with zero attached hydrogens (tertiary/aromatic N) is 1. The standard InChI is InChI=1S/C28H23F4NO5/c1-15-27(25-12-21(36-4)6-5-18(25)14-34)24-8-7-22(38-28(30,31)32)13-26(24)33(15)20-9-19(29)10-23(11-20)37-17(3)16(2)35/h5-14,17H,1-4H3/t17-/m1/s1. The van der Waals surface area contributed by atoms with E-state index >= 15 is 0 Å². The highest BCUT2D eigenvalue weighted by atomic mass is 19.4. The van der Waals surface area contributed by atoms with Crippen LogP contribution in [0.25, 0.3) is 27.7 Å². The van der Waals surface area contributed by atoms with Gasteiger partial charge in [-0.15, -0.1) is 13.2 Å². The number of halogens is 4. The summed E-state index contributed by atoms with van der Waals surface area (Å²) in [4.78, 5) is 23.6. The van der Waals surface area contributed by atoms with E-state index in [1.54, 1.807) is 25.1 Å². The first-order chi connectivity index (χ1) is 17.9. The Labute approximate surface area is 215 Å². The minimum absolute atomic E-state index is 0.0585. The molecular formula is C28H23F4NO5. The summed E-state index contributed by atoms with van der Waals surface area (Å²) in [5.74, 6) is -0.914. The number of hydrogen-bond donors (Lipinski definition) is 0. The highest BCUT2D eigenvalue weighted by Crippen LogP contribution is 2.41. The molecule has 0 aliphatic heterocycles. The SMILES string of the molecule is COc1ccc(C=O)c(-c2c(C)n(-c3cc(F)cc(O[C@H](C)C(C)=O)c3)c3cc(OC(F)(F)F)ccc23)c1. The second-order valence-corrected chi connectivity index (χ2v) is 8.61. The minimum atomic E-state index is -4.93. The zero-order valence-corrected chi connectivity index (χ0v) is 20.9. The van der Waals surface area contributed by atoms with Gasteiger partial charge in [-0.05, 0) is 62.7 Å². The highest BCUT2D eigenvalue weighted by Gasteiger charge is 2.31. The number of hydrogen-bond acceptors (Lipinski definition) is 5. The second kappa shape index (κ2) is 10.2. The molecule has 0 aliphatic rings. The zero-order chi connectivity index (χ0) is 27.8. The quantitative estimate of drug-likeness (QED) is 0.185. The Balaban J connectivity index is 2.03. The maximum Gasteiger partial charge on any atom is 0.573 e. The van der Waals surface area contributed by atoms with Gasteiger partial charge in [0.1, 0.15) is 23.1 Å². The number of benzene rings is 3. The molecule has 10 heteroatoms. The summed E-state index contributed by atoms with van der Waals surface area (Å²) in [6.07, 6.45) is -5.11. The number of ketones is 1. The molecule has 198 valence electrons. The second-order valence-electron chi connectivity index (χ2n) is 8.61. The van der Waals surface area contributed by atoms with E-state index in [1.807, 2.05) is 0 Å². The number of Topliss-reactive ketones (excluding diaryl/α,β-unsaturated/α-hetero) is 1. The number of carbonyl (C=O) groups excluding carboxylic acids is 2. The molecule has 3 aromatic carbocycles. The topological polar surface area (TPSA) is 66.8 Å².